The summed E-state index contributed by atoms with van der Waals surface area (Å²) in [5.74, 6) is 1.61. The molecule has 0 saturated carbocycles. The molecule has 1 aromatic carbocycles. The first kappa shape index (κ1) is 31.4. The summed E-state index contributed by atoms with van der Waals surface area (Å²) in [5.41, 5.74) is 12.6. The second-order valence-electron chi connectivity index (χ2n) is 10.1. The van der Waals surface area contributed by atoms with Crippen molar-refractivity contribution in [3.63, 3.8) is 0 Å². The SMILES string of the molecule is C=C(CC)CCC(CCC)CCCN=C(C)N=C(C)C(C=C=CC)=C(C)Nc1c(C)cc(C)cc1C. The smallest absolute Gasteiger partial charge is 0.120 e. The van der Waals surface area contributed by atoms with Crippen LogP contribution in [0.4, 0.5) is 5.69 Å². The molecule has 3 heteroatoms. The summed E-state index contributed by atoms with van der Waals surface area (Å²) >= 11 is 0. The van der Waals surface area contributed by atoms with E-state index in [1.54, 1.807) is 0 Å². The molecule has 1 rings (SSSR count). The van der Waals surface area contributed by atoms with Crippen molar-refractivity contribution in [2.24, 2.45) is 15.9 Å². The first-order chi connectivity index (χ1) is 17.1. The molecule has 0 aromatic heterocycles. The average Bonchev–Trinajstić information content (AvgIpc) is 2.82. The molecule has 0 heterocycles. The van der Waals surface area contributed by atoms with Gasteiger partial charge in [-0.1, -0.05) is 56.5 Å². The van der Waals surface area contributed by atoms with Gasteiger partial charge < -0.3 is 5.32 Å². The van der Waals surface area contributed by atoms with E-state index in [9.17, 15) is 0 Å². The summed E-state index contributed by atoms with van der Waals surface area (Å²) in [4.78, 5) is 9.63. The van der Waals surface area contributed by atoms with Crippen LogP contribution in [-0.2, 0) is 0 Å². The predicted octanol–water partition coefficient (Wildman–Crippen LogP) is 9.85. The number of rotatable bonds is 14. The number of benzene rings is 1. The molecule has 0 aliphatic carbocycles. The zero-order valence-electron chi connectivity index (χ0n) is 24.6. The molecule has 36 heavy (non-hydrogen) atoms. The van der Waals surface area contributed by atoms with E-state index in [2.05, 4.69) is 78.2 Å². The molecular weight excluding hydrogens is 438 g/mol. The Morgan fingerprint density at radius 3 is 2.31 bits per heavy atom. The third kappa shape index (κ3) is 11.4. The third-order valence-electron chi connectivity index (χ3n) is 6.72. The van der Waals surface area contributed by atoms with Crippen LogP contribution >= 0.6 is 0 Å². The first-order valence-corrected chi connectivity index (χ1v) is 13.8. The Bertz CT molecular complexity index is 990. The highest BCUT2D eigenvalue weighted by Crippen LogP contribution is 2.25. The van der Waals surface area contributed by atoms with E-state index in [4.69, 9.17) is 9.98 Å². The van der Waals surface area contributed by atoms with Gasteiger partial charge in [0.2, 0.25) is 0 Å². The second kappa shape index (κ2) is 16.9. The van der Waals surface area contributed by atoms with Crippen LogP contribution in [-0.4, -0.2) is 18.1 Å². The molecule has 1 N–H and O–H groups in total. The van der Waals surface area contributed by atoms with Gasteiger partial charge in [-0.25, -0.2) is 4.99 Å². The van der Waals surface area contributed by atoms with E-state index < -0.39 is 0 Å². The Labute approximate surface area is 222 Å². The second-order valence-corrected chi connectivity index (χ2v) is 10.1. The molecule has 198 valence electrons. The van der Waals surface area contributed by atoms with Gasteiger partial charge in [0.1, 0.15) is 5.84 Å². The molecule has 0 bridgehead atoms. The Morgan fingerprint density at radius 2 is 1.72 bits per heavy atom. The normalized spacial score (nSPS) is 13.6. The summed E-state index contributed by atoms with van der Waals surface area (Å²) in [6, 6.07) is 4.43. The Hall–Kier alpha value is -2.64. The third-order valence-corrected chi connectivity index (χ3v) is 6.72. The monoisotopic (exact) mass is 489 g/mol. The van der Waals surface area contributed by atoms with Crippen LogP contribution in [0, 0.1) is 26.7 Å². The minimum absolute atomic E-state index is 0.780. The zero-order valence-corrected chi connectivity index (χ0v) is 24.6. The lowest BCUT2D eigenvalue weighted by Crippen LogP contribution is -2.09. The zero-order chi connectivity index (χ0) is 27.1. The van der Waals surface area contributed by atoms with Gasteiger partial charge in [-0.05, 0) is 110 Å². The van der Waals surface area contributed by atoms with Crippen LogP contribution in [0.15, 0.2) is 63.4 Å². The molecule has 0 radical (unpaired) electrons. The molecule has 0 amide bonds. The molecular formula is C33H51N3. The van der Waals surface area contributed by atoms with Crippen LogP contribution in [0.25, 0.3) is 0 Å². The first-order valence-electron chi connectivity index (χ1n) is 13.8. The van der Waals surface area contributed by atoms with Gasteiger partial charge in [0.25, 0.3) is 0 Å². The molecule has 0 saturated heterocycles. The minimum atomic E-state index is 0.780. The van der Waals surface area contributed by atoms with Gasteiger partial charge in [-0.2, -0.15) is 0 Å². The van der Waals surface area contributed by atoms with Crippen molar-refractivity contribution in [2.45, 2.75) is 107 Å². The van der Waals surface area contributed by atoms with Crippen molar-refractivity contribution in [1.82, 2.24) is 0 Å². The lowest BCUT2D eigenvalue weighted by Gasteiger charge is -2.17. The molecule has 3 nitrogen and oxygen atoms in total. The number of anilines is 1. The number of hydrogen-bond acceptors (Lipinski definition) is 2. The fraction of sp³-hybridized carbons (Fsp3) is 0.545. The molecule has 1 aromatic rings. The highest BCUT2D eigenvalue weighted by molar-refractivity contribution is 6.07. The van der Waals surface area contributed by atoms with Crippen molar-refractivity contribution in [3.8, 4) is 0 Å². The topological polar surface area (TPSA) is 36.8 Å². The highest BCUT2D eigenvalue weighted by atomic mass is 14.9. The summed E-state index contributed by atoms with van der Waals surface area (Å²) < 4.78 is 0. The van der Waals surface area contributed by atoms with E-state index in [1.165, 1.54) is 47.9 Å². The highest BCUT2D eigenvalue weighted by Gasteiger charge is 2.10. The lowest BCUT2D eigenvalue weighted by atomic mass is 9.91. The maximum Gasteiger partial charge on any atom is 0.120 e. The predicted molar refractivity (Wildman–Crippen MR) is 163 cm³/mol. The summed E-state index contributed by atoms with van der Waals surface area (Å²) in [7, 11) is 0. The van der Waals surface area contributed by atoms with Gasteiger partial charge in [-0.15, -0.1) is 5.73 Å². The van der Waals surface area contributed by atoms with Crippen LogP contribution in [0.2, 0.25) is 0 Å². The van der Waals surface area contributed by atoms with Crippen molar-refractivity contribution >= 4 is 17.2 Å². The van der Waals surface area contributed by atoms with Gasteiger partial charge in [0, 0.05) is 29.2 Å². The number of hydrogen-bond donors (Lipinski definition) is 1. The molecule has 1 atom stereocenters. The summed E-state index contributed by atoms with van der Waals surface area (Å²) in [6.07, 6.45) is 12.3. The van der Waals surface area contributed by atoms with Crippen molar-refractivity contribution in [3.05, 3.63) is 70.1 Å². The van der Waals surface area contributed by atoms with Gasteiger partial charge >= 0.3 is 0 Å². The van der Waals surface area contributed by atoms with E-state index in [1.807, 2.05) is 26.0 Å². The average molecular weight is 490 g/mol. The Morgan fingerprint density at radius 1 is 1.06 bits per heavy atom. The largest absolute Gasteiger partial charge is 0.358 e. The van der Waals surface area contributed by atoms with Crippen LogP contribution < -0.4 is 5.32 Å². The van der Waals surface area contributed by atoms with Crippen LogP contribution in [0.3, 0.4) is 0 Å². The molecule has 0 aliphatic rings. The maximum atomic E-state index is 4.85. The Balaban J connectivity index is 2.95. The number of nitrogens with one attached hydrogen (secondary N) is 1. The molecule has 0 fully saturated rings. The van der Waals surface area contributed by atoms with E-state index in [0.717, 1.165) is 60.2 Å². The van der Waals surface area contributed by atoms with Crippen LogP contribution in [0.5, 0.6) is 0 Å². The maximum absolute atomic E-state index is 4.85. The Kier molecular flexibility index (Phi) is 14.8. The van der Waals surface area contributed by atoms with E-state index >= 15 is 0 Å². The number of nitrogens with zero attached hydrogens (tertiary/aromatic N) is 2. The van der Waals surface area contributed by atoms with Gasteiger partial charge in [-0.3, -0.25) is 4.99 Å². The molecule has 1 unspecified atom stereocenters. The number of aryl methyl sites for hydroxylation is 3. The fourth-order valence-corrected chi connectivity index (χ4v) is 4.67. The minimum Gasteiger partial charge on any atom is -0.358 e. The molecule has 0 spiro atoms. The number of aliphatic imine (C=N–C) groups is 2. The van der Waals surface area contributed by atoms with E-state index in [-0.39, 0.29) is 0 Å². The van der Waals surface area contributed by atoms with Crippen molar-refractivity contribution in [2.75, 3.05) is 11.9 Å². The number of amidine groups is 1. The molecule has 0 aliphatic heterocycles. The quantitative estimate of drug-likeness (QED) is 0.0692. The van der Waals surface area contributed by atoms with E-state index in [0.29, 0.717) is 0 Å². The van der Waals surface area contributed by atoms with Crippen molar-refractivity contribution in [1.29, 1.82) is 0 Å². The lowest BCUT2D eigenvalue weighted by molar-refractivity contribution is 0.405. The number of allylic oxidation sites excluding steroid dienone is 4. The summed E-state index contributed by atoms with van der Waals surface area (Å²) in [5, 5.41) is 3.64. The van der Waals surface area contributed by atoms with Gasteiger partial charge in [0.05, 0.1) is 0 Å². The fourth-order valence-electron chi connectivity index (χ4n) is 4.67. The standard InChI is InChI=1S/C33H51N3/c1-11-14-18-32(29(9)36-33-26(6)22-25(5)23-27(33)7)28(8)35-30(10)34-21-15-17-31(16-12-2)20-19-24(4)13-3/h11,18,22-23,31,36H,4,12-13,15-17,19-21H2,1-3,5-10H3. The summed E-state index contributed by atoms with van der Waals surface area (Å²) in [6.45, 7) is 24.1. The van der Waals surface area contributed by atoms with Crippen molar-refractivity contribution < 1.29 is 0 Å². The van der Waals surface area contributed by atoms with Crippen LogP contribution in [0.1, 0.15) is 103 Å². The van der Waals surface area contributed by atoms with Gasteiger partial charge in [0.15, 0.2) is 0 Å².